The van der Waals surface area contributed by atoms with Crippen molar-refractivity contribution in [1.29, 1.82) is 0 Å². The van der Waals surface area contributed by atoms with Crippen LogP contribution in [0.4, 0.5) is 4.39 Å². The smallest absolute Gasteiger partial charge is 0.268 e. The maximum atomic E-state index is 13.2. The van der Waals surface area contributed by atoms with Gasteiger partial charge in [0.2, 0.25) is 0 Å². The van der Waals surface area contributed by atoms with Gasteiger partial charge in [-0.25, -0.2) is 4.39 Å². The summed E-state index contributed by atoms with van der Waals surface area (Å²) in [5.41, 5.74) is 1.14. The van der Waals surface area contributed by atoms with Crippen molar-refractivity contribution in [3.63, 3.8) is 0 Å². The summed E-state index contributed by atoms with van der Waals surface area (Å²) in [5.74, 6) is 1.22. The number of H-pyrrole nitrogens is 1. The average molecular weight is 327 g/mol. The lowest BCUT2D eigenvalue weighted by Crippen LogP contribution is -2.25. The molecule has 1 amide bonds. The van der Waals surface area contributed by atoms with Crippen LogP contribution in [0.25, 0.3) is 10.9 Å². The maximum Gasteiger partial charge on any atom is 0.268 e. The predicted octanol–water partition coefficient (Wildman–Crippen LogP) is 2.55. The van der Waals surface area contributed by atoms with Crippen LogP contribution in [0.5, 0.6) is 0 Å². The van der Waals surface area contributed by atoms with Crippen molar-refractivity contribution in [3.05, 3.63) is 47.4 Å². The zero-order valence-corrected chi connectivity index (χ0v) is 13.2. The molecule has 3 aromatic rings. The Kier molecular flexibility index (Phi) is 3.76. The second-order valence-corrected chi connectivity index (χ2v) is 6.09. The van der Waals surface area contributed by atoms with Gasteiger partial charge in [0, 0.05) is 23.9 Å². The summed E-state index contributed by atoms with van der Waals surface area (Å²) < 4.78 is 15.3. The van der Waals surface area contributed by atoms with Crippen LogP contribution in [0.15, 0.2) is 24.3 Å². The Morgan fingerprint density at radius 2 is 2.17 bits per heavy atom. The fourth-order valence-electron chi connectivity index (χ4n) is 3.16. The number of carbonyl (C=O) groups excluding carboxylic acids is 1. The number of aromatic amines is 1. The molecule has 0 atom stereocenters. The van der Waals surface area contributed by atoms with Crippen molar-refractivity contribution in [3.8, 4) is 0 Å². The Morgan fingerprint density at radius 3 is 3.08 bits per heavy atom. The van der Waals surface area contributed by atoms with Gasteiger partial charge in [-0.2, -0.15) is 0 Å². The molecular formula is C17H18FN5O. The third kappa shape index (κ3) is 2.77. The Balaban J connectivity index is 1.49. The number of aryl methyl sites for hydroxylation is 1. The molecule has 0 saturated heterocycles. The number of hydrogen-bond donors (Lipinski definition) is 2. The summed E-state index contributed by atoms with van der Waals surface area (Å²) in [7, 11) is 0. The fraction of sp³-hybridized carbons (Fsp3) is 0.353. The van der Waals surface area contributed by atoms with E-state index < -0.39 is 0 Å². The summed E-state index contributed by atoms with van der Waals surface area (Å²) in [5, 5.41) is 12.0. The van der Waals surface area contributed by atoms with Gasteiger partial charge >= 0.3 is 0 Å². The second kappa shape index (κ2) is 6.07. The number of nitrogens with zero attached hydrogens (tertiary/aromatic N) is 3. The van der Waals surface area contributed by atoms with E-state index in [9.17, 15) is 9.18 Å². The minimum Gasteiger partial charge on any atom is -0.351 e. The quantitative estimate of drug-likeness (QED) is 0.776. The Hall–Kier alpha value is -2.70. The molecule has 2 N–H and O–H groups in total. The Labute approximate surface area is 138 Å². The van der Waals surface area contributed by atoms with Crippen molar-refractivity contribution < 1.29 is 9.18 Å². The number of fused-ring (bicyclic) bond motifs is 2. The summed E-state index contributed by atoms with van der Waals surface area (Å²) >= 11 is 0. The molecule has 4 rings (SSSR count). The molecule has 2 aromatic heterocycles. The molecule has 0 unspecified atom stereocenters. The average Bonchev–Trinajstić information content (AvgIpc) is 3.09. The molecule has 0 bridgehead atoms. The lowest BCUT2D eigenvalue weighted by molar-refractivity contribution is 0.0945. The molecule has 6 nitrogen and oxygen atoms in total. The molecule has 0 fully saturated rings. The van der Waals surface area contributed by atoms with E-state index in [1.54, 1.807) is 12.1 Å². The predicted molar refractivity (Wildman–Crippen MR) is 87.0 cm³/mol. The summed E-state index contributed by atoms with van der Waals surface area (Å²) in [6, 6.07) is 6.05. The highest BCUT2D eigenvalue weighted by Crippen LogP contribution is 2.17. The Bertz CT molecular complexity index is 898. The number of rotatable bonds is 3. The van der Waals surface area contributed by atoms with Crippen LogP contribution in [0, 0.1) is 5.82 Å². The minimum absolute atomic E-state index is 0.238. The maximum absolute atomic E-state index is 13.2. The van der Waals surface area contributed by atoms with Gasteiger partial charge < -0.3 is 14.9 Å². The van der Waals surface area contributed by atoms with Crippen LogP contribution in [0.1, 0.15) is 41.4 Å². The highest BCUT2D eigenvalue weighted by molar-refractivity contribution is 5.97. The van der Waals surface area contributed by atoms with Crippen LogP contribution < -0.4 is 5.32 Å². The third-order valence-corrected chi connectivity index (χ3v) is 4.42. The van der Waals surface area contributed by atoms with Gasteiger partial charge in [-0.3, -0.25) is 4.79 Å². The van der Waals surface area contributed by atoms with Crippen molar-refractivity contribution in [2.45, 2.75) is 38.8 Å². The molecule has 24 heavy (non-hydrogen) atoms. The molecule has 0 saturated carbocycles. The van der Waals surface area contributed by atoms with Gasteiger partial charge in [0.15, 0.2) is 5.82 Å². The minimum atomic E-state index is -0.320. The van der Waals surface area contributed by atoms with Crippen LogP contribution >= 0.6 is 0 Å². The highest BCUT2D eigenvalue weighted by Gasteiger charge is 2.16. The first kappa shape index (κ1) is 14.9. The topological polar surface area (TPSA) is 75.6 Å². The normalized spacial score (nSPS) is 14.4. The van der Waals surface area contributed by atoms with E-state index >= 15 is 0 Å². The second-order valence-electron chi connectivity index (χ2n) is 6.09. The van der Waals surface area contributed by atoms with Gasteiger partial charge in [-0.05, 0) is 37.1 Å². The van der Waals surface area contributed by atoms with Gasteiger partial charge in [0.25, 0.3) is 5.91 Å². The van der Waals surface area contributed by atoms with E-state index in [1.807, 2.05) is 0 Å². The van der Waals surface area contributed by atoms with Crippen LogP contribution in [-0.4, -0.2) is 25.7 Å². The standard InChI is InChI=1S/C17H18FN5O/c18-12-5-6-13-11(8-12)9-14(20-13)17(24)19-10-16-22-21-15-4-2-1-3-7-23(15)16/h5-6,8-9,20H,1-4,7,10H2,(H,19,24). The largest absolute Gasteiger partial charge is 0.351 e. The van der Waals surface area contributed by atoms with Crippen molar-refractivity contribution >= 4 is 16.8 Å². The molecule has 1 aromatic carbocycles. The molecule has 1 aliphatic rings. The van der Waals surface area contributed by atoms with Crippen molar-refractivity contribution in [2.24, 2.45) is 0 Å². The van der Waals surface area contributed by atoms with Gasteiger partial charge in [-0.1, -0.05) is 6.42 Å². The van der Waals surface area contributed by atoms with Gasteiger partial charge in [0.1, 0.15) is 17.3 Å². The molecule has 0 aliphatic carbocycles. The highest BCUT2D eigenvalue weighted by atomic mass is 19.1. The van der Waals surface area contributed by atoms with Crippen LogP contribution in [-0.2, 0) is 19.5 Å². The van der Waals surface area contributed by atoms with Crippen molar-refractivity contribution in [1.82, 2.24) is 25.1 Å². The molecular weight excluding hydrogens is 309 g/mol. The van der Waals surface area contributed by atoms with E-state index in [0.29, 0.717) is 17.6 Å². The molecule has 0 radical (unpaired) electrons. The summed E-state index contributed by atoms with van der Waals surface area (Å²) in [6.45, 7) is 1.23. The first-order valence-corrected chi connectivity index (χ1v) is 8.18. The van der Waals surface area contributed by atoms with E-state index in [4.69, 9.17) is 0 Å². The molecule has 124 valence electrons. The number of hydrogen-bond acceptors (Lipinski definition) is 3. The lowest BCUT2D eigenvalue weighted by atomic mass is 10.2. The van der Waals surface area contributed by atoms with Gasteiger partial charge in [0.05, 0.1) is 6.54 Å². The number of benzene rings is 1. The number of halogens is 1. The van der Waals surface area contributed by atoms with Crippen LogP contribution in [0.3, 0.4) is 0 Å². The molecule has 3 heterocycles. The fourth-order valence-corrected chi connectivity index (χ4v) is 3.16. The number of aromatic nitrogens is 4. The summed E-state index contributed by atoms with van der Waals surface area (Å²) in [6.07, 6.45) is 4.38. The van der Waals surface area contributed by atoms with E-state index in [1.165, 1.54) is 18.6 Å². The Morgan fingerprint density at radius 1 is 1.25 bits per heavy atom. The zero-order valence-electron chi connectivity index (χ0n) is 13.2. The molecule has 7 heteroatoms. The van der Waals surface area contributed by atoms with E-state index in [-0.39, 0.29) is 11.7 Å². The number of carbonyl (C=O) groups is 1. The van der Waals surface area contributed by atoms with Crippen LogP contribution in [0.2, 0.25) is 0 Å². The lowest BCUT2D eigenvalue weighted by Gasteiger charge is -2.07. The van der Waals surface area contributed by atoms with Crippen molar-refractivity contribution in [2.75, 3.05) is 0 Å². The number of amides is 1. The number of nitrogens with one attached hydrogen (secondary N) is 2. The third-order valence-electron chi connectivity index (χ3n) is 4.42. The first-order chi connectivity index (χ1) is 11.7. The molecule has 0 spiro atoms. The first-order valence-electron chi connectivity index (χ1n) is 8.18. The van der Waals surface area contributed by atoms with Gasteiger partial charge in [-0.15, -0.1) is 10.2 Å². The zero-order chi connectivity index (χ0) is 16.5. The molecule has 1 aliphatic heterocycles. The monoisotopic (exact) mass is 327 g/mol. The summed E-state index contributed by atoms with van der Waals surface area (Å²) in [4.78, 5) is 15.3. The SMILES string of the molecule is O=C(NCc1nnc2n1CCCCC2)c1cc2cc(F)ccc2[nH]1. The van der Waals surface area contributed by atoms with E-state index in [0.717, 1.165) is 43.0 Å². The van der Waals surface area contributed by atoms with E-state index in [2.05, 4.69) is 25.1 Å².